The standard InChI is InChI=1S/C21H21O4P.C18H15O4P.C6H14O2.C4H10O2.C3H8O2/c1-16-4-10-19(11-5-16)23-26(22,24-20-12-6-17(2)7-13-20)25-21-14-8-18(3)9-15-21;19-23(20-16-10-4-1-5-11-16,21-17-12-6-2-7-13-17)22-18-14-8-3-9-15-18;7-5-3-1-2-4-6-8;5-3-1-2-4-6;1-3(5)2-4/h4-15H,1-3H3;1-15H;7-8H,1-6H2;5-6H,1-4H2;3-5H,2H2,1H3. The average molecular weight is 979 g/mol. The third-order valence-electron chi connectivity index (χ3n) is 8.49. The number of aliphatic hydroxyl groups excluding tert-OH is 6. The highest BCUT2D eigenvalue weighted by Gasteiger charge is 2.34. The van der Waals surface area contributed by atoms with Crippen LogP contribution < -0.4 is 27.1 Å². The molecule has 6 rings (SSSR count). The average Bonchev–Trinajstić information content (AvgIpc) is 3.33. The van der Waals surface area contributed by atoms with Gasteiger partial charge in [0.25, 0.3) is 0 Å². The van der Waals surface area contributed by atoms with Crippen LogP contribution in [-0.4, -0.2) is 69.8 Å². The van der Waals surface area contributed by atoms with Crippen molar-refractivity contribution in [2.75, 3.05) is 33.0 Å². The molecule has 0 saturated heterocycles. The molecule has 0 radical (unpaired) electrons. The zero-order valence-corrected chi connectivity index (χ0v) is 41.1. The molecule has 1 atom stereocenters. The molecule has 0 aromatic heterocycles. The lowest BCUT2D eigenvalue weighted by Crippen LogP contribution is -2.07. The molecule has 0 fully saturated rings. The molecule has 6 aromatic rings. The smallest absolute Gasteiger partial charge is 0.396 e. The van der Waals surface area contributed by atoms with Crippen LogP contribution in [0.15, 0.2) is 164 Å². The van der Waals surface area contributed by atoms with E-state index in [-0.39, 0.29) is 33.0 Å². The fourth-order valence-corrected chi connectivity index (χ4v) is 7.43. The Bertz CT molecular complexity index is 1990. The number of unbranched alkanes of at least 4 members (excludes halogenated alkanes) is 4. The van der Waals surface area contributed by atoms with E-state index in [0.29, 0.717) is 34.5 Å². The third kappa shape index (κ3) is 27.2. The van der Waals surface area contributed by atoms with Gasteiger partial charge in [-0.25, -0.2) is 0 Å². The second-order valence-electron chi connectivity index (χ2n) is 14.9. The van der Waals surface area contributed by atoms with Crippen molar-refractivity contribution < 1.29 is 66.9 Å². The van der Waals surface area contributed by atoms with Crippen molar-refractivity contribution in [3.05, 3.63) is 180 Å². The summed E-state index contributed by atoms with van der Waals surface area (Å²) >= 11 is 0. The monoisotopic (exact) mass is 978 g/mol. The minimum absolute atomic E-state index is 0.139. The van der Waals surface area contributed by atoms with E-state index in [1.54, 1.807) is 109 Å². The van der Waals surface area contributed by atoms with Crippen LogP contribution in [0.25, 0.3) is 0 Å². The van der Waals surface area contributed by atoms with Crippen LogP contribution in [0, 0.1) is 20.8 Å². The summed E-state index contributed by atoms with van der Waals surface area (Å²) < 4.78 is 59.8. The van der Waals surface area contributed by atoms with Gasteiger partial charge in [-0.3, -0.25) is 0 Å². The Balaban J connectivity index is 0.000000341. The van der Waals surface area contributed by atoms with Crippen LogP contribution in [0.1, 0.15) is 62.1 Å². The summed E-state index contributed by atoms with van der Waals surface area (Å²) in [5.74, 6) is 2.46. The van der Waals surface area contributed by atoms with E-state index in [2.05, 4.69) is 0 Å². The van der Waals surface area contributed by atoms with Crippen molar-refractivity contribution in [2.45, 2.75) is 72.3 Å². The summed E-state index contributed by atoms with van der Waals surface area (Å²) in [6, 6.07) is 48.0. The van der Waals surface area contributed by atoms with Crippen LogP contribution in [0.3, 0.4) is 0 Å². The Morgan fingerprint density at radius 2 is 0.544 bits per heavy atom. The maximum absolute atomic E-state index is 13.3. The van der Waals surface area contributed by atoms with E-state index in [1.165, 1.54) is 6.92 Å². The van der Waals surface area contributed by atoms with Gasteiger partial charge in [0.05, 0.1) is 12.7 Å². The Morgan fingerprint density at radius 1 is 0.353 bits per heavy atom. The molecule has 6 aromatic carbocycles. The predicted molar refractivity (Wildman–Crippen MR) is 267 cm³/mol. The first-order valence-electron chi connectivity index (χ1n) is 22.2. The van der Waals surface area contributed by atoms with Crippen LogP contribution in [0.5, 0.6) is 34.5 Å². The predicted octanol–water partition coefficient (Wildman–Crippen LogP) is 11.2. The minimum atomic E-state index is -3.93. The molecule has 68 heavy (non-hydrogen) atoms. The molecule has 1 unspecified atom stereocenters. The van der Waals surface area contributed by atoms with Crippen LogP contribution in [-0.2, 0) is 9.13 Å². The van der Waals surface area contributed by atoms with Gasteiger partial charge in [-0.05, 0) is 126 Å². The molecule has 16 heteroatoms. The quantitative estimate of drug-likeness (QED) is 0.0293. The molecule has 0 spiro atoms. The van der Waals surface area contributed by atoms with Crippen molar-refractivity contribution in [3.63, 3.8) is 0 Å². The van der Waals surface area contributed by atoms with Gasteiger partial charge in [-0.15, -0.1) is 0 Å². The van der Waals surface area contributed by atoms with E-state index in [4.69, 9.17) is 57.8 Å². The minimum Gasteiger partial charge on any atom is -0.396 e. The van der Waals surface area contributed by atoms with Gasteiger partial charge < -0.3 is 57.8 Å². The number of aryl methyl sites for hydroxylation is 3. The maximum atomic E-state index is 13.3. The maximum Gasteiger partial charge on any atom is 0.647 e. The summed E-state index contributed by atoms with van der Waals surface area (Å²) in [7, 11) is -7.82. The molecule has 0 aliphatic carbocycles. The topological polar surface area (TPSA) is 211 Å². The van der Waals surface area contributed by atoms with Crippen molar-refractivity contribution >= 4 is 15.6 Å². The molecule has 370 valence electrons. The second-order valence-corrected chi connectivity index (χ2v) is 17.8. The van der Waals surface area contributed by atoms with Gasteiger partial charge in [0.1, 0.15) is 34.5 Å². The van der Waals surface area contributed by atoms with Gasteiger partial charge in [0.15, 0.2) is 0 Å². The molecule has 0 aliphatic rings. The summed E-state index contributed by atoms with van der Waals surface area (Å²) in [6.07, 6.45) is 4.70. The van der Waals surface area contributed by atoms with Crippen LogP contribution in [0.4, 0.5) is 0 Å². The van der Waals surface area contributed by atoms with Crippen LogP contribution >= 0.6 is 15.6 Å². The summed E-state index contributed by atoms with van der Waals surface area (Å²) in [5, 5.41) is 48.8. The SMILES string of the molecule is CC(O)CO.Cc1ccc(OP(=O)(Oc2ccc(C)cc2)Oc2ccc(C)cc2)cc1.O=P(Oc1ccccc1)(Oc1ccccc1)Oc1ccccc1.OCCCCCCO.OCCCCO. The second kappa shape index (κ2) is 34.6. The Kier molecular flexibility index (Phi) is 29.7. The Labute approximate surface area is 401 Å². The number of para-hydroxylation sites is 3. The highest BCUT2D eigenvalue weighted by Crippen LogP contribution is 2.51. The molecular weight excluding hydrogens is 911 g/mol. The van der Waals surface area contributed by atoms with E-state index in [0.717, 1.165) is 55.2 Å². The number of rotatable bonds is 21. The number of phosphoric ester groups is 2. The van der Waals surface area contributed by atoms with E-state index in [9.17, 15) is 9.13 Å². The van der Waals surface area contributed by atoms with E-state index >= 15 is 0 Å². The normalized spacial score (nSPS) is 10.9. The molecule has 0 amide bonds. The fraction of sp³-hybridized carbons (Fsp3) is 0.308. The number of hydrogen-bond acceptors (Lipinski definition) is 14. The number of hydrogen-bond donors (Lipinski definition) is 6. The van der Waals surface area contributed by atoms with Gasteiger partial charge in [-0.2, -0.15) is 9.13 Å². The van der Waals surface area contributed by atoms with Crippen molar-refractivity contribution in [3.8, 4) is 34.5 Å². The fourth-order valence-electron chi connectivity index (χ4n) is 4.93. The van der Waals surface area contributed by atoms with Crippen molar-refractivity contribution in [1.29, 1.82) is 0 Å². The third-order valence-corrected chi connectivity index (χ3v) is 11.1. The van der Waals surface area contributed by atoms with Crippen molar-refractivity contribution in [2.24, 2.45) is 0 Å². The Morgan fingerprint density at radius 3 is 0.735 bits per heavy atom. The zero-order valence-electron chi connectivity index (χ0n) is 39.3. The van der Waals surface area contributed by atoms with Gasteiger partial charge >= 0.3 is 15.6 Å². The number of benzene rings is 6. The lowest BCUT2D eigenvalue weighted by molar-refractivity contribution is 0.110. The first-order valence-corrected chi connectivity index (χ1v) is 25.1. The summed E-state index contributed by atoms with van der Waals surface area (Å²) in [4.78, 5) is 0. The molecule has 0 aliphatic heterocycles. The largest absolute Gasteiger partial charge is 0.647 e. The van der Waals surface area contributed by atoms with Gasteiger partial charge in [0, 0.05) is 26.4 Å². The number of aliphatic hydroxyl groups is 6. The first kappa shape index (κ1) is 58.5. The van der Waals surface area contributed by atoms with Crippen molar-refractivity contribution in [1.82, 2.24) is 0 Å². The Hall–Kier alpha value is -5.66. The highest BCUT2D eigenvalue weighted by atomic mass is 31.2. The lowest BCUT2D eigenvalue weighted by atomic mass is 10.2. The summed E-state index contributed by atoms with van der Waals surface area (Å²) in [5.41, 5.74) is 3.23. The molecule has 0 saturated carbocycles. The zero-order chi connectivity index (χ0) is 49.9. The molecule has 0 heterocycles. The lowest BCUT2D eigenvalue weighted by Gasteiger charge is -2.19. The molecule has 6 N–H and O–H groups in total. The van der Waals surface area contributed by atoms with E-state index < -0.39 is 21.7 Å². The molecular formula is C52H68O14P2. The first-order chi connectivity index (χ1) is 32.7. The van der Waals surface area contributed by atoms with E-state index in [1.807, 2.05) is 75.4 Å². The molecule has 0 bridgehead atoms. The van der Waals surface area contributed by atoms with Crippen LogP contribution in [0.2, 0.25) is 0 Å². The van der Waals surface area contributed by atoms with Gasteiger partial charge in [0.2, 0.25) is 0 Å². The summed E-state index contributed by atoms with van der Waals surface area (Å²) in [6.45, 7) is 8.25. The number of phosphoric acid groups is 2. The molecule has 14 nitrogen and oxygen atoms in total. The highest BCUT2D eigenvalue weighted by molar-refractivity contribution is 7.50. The van der Waals surface area contributed by atoms with Gasteiger partial charge in [-0.1, -0.05) is 121 Å².